The zero-order valence-corrected chi connectivity index (χ0v) is 8.78. The second kappa shape index (κ2) is 3.80. The van der Waals surface area contributed by atoms with Crippen molar-refractivity contribution in [1.29, 1.82) is 0 Å². The Morgan fingerprint density at radius 2 is 1.38 bits per heavy atom. The average Bonchev–Trinajstić information content (AvgIpc) is 2.03. The SMILES string of the molecule is C=C(C)c1cc(Cl)cc(C(=C)C)c1. The minimum Gasteiger partial charge on any atom is -0.0955 e. The van der Waals surface area contributed by atoms with Crippen molar-refractivity contribution in [2.45, 2.75) is 13.8 Å². The van der Waals surface area contributed by atoms with Gasteiger partial charge in [-0.3, -0.25) is 0 Å². The molecule has 0 atom stereocenters. The lowest BCUT2D eigenvalue weighted by Gasteiger charge is -2.05. The van der Waals surface area contributed by atoms with E-state index in [0.29, 0.717) is 0 Å². The molecule has 0 amide bonds. The van der Waals surface area contributed by atoms with Crippen LogP contribution in [0.25, 0.3) is 11.1 Å². The van der Waals surface area contributed by atoms with Gasteiger partial charge in [0.15, 0.2) is 0 Å². The van der Waals surface area contributed by atoms with Gasteiger partial charge in [0, 0.05) is 5.02 Å². The smallest absolute Gasteiger partial charge is 0.0418 e. The number of hydrogen-bond donors (Lipinski definition) is 0. The van der Waals surface area contributed by atoms with Crippen molar-refractivity contribution >= 4 is 22.7 Å². The predicted molar refractivity (Wildman–Crippen MR) is 60.9 cm³/mol. The molecule has 13 heavy (non-hydrogen) atoms. The lowest BCUT2D eigenvalue weighted by Crippen LogP contribution is -1.83. The highest BCUT2D eigenvalue weighted by Crippen LogP contribution is 2.23. The zero-order chi connectivity index (χ0) is 10.0. The Labute approximate surface area is 84.5 Å². The molecule has 0 radical (unpaired) electrons. The Hall–Kier alpha value is -1.01. The number of allylic oxidation sites excluding steroid dienone is 2. The van der Waals surface area contributed by atoms with E-state index in [4.69, 9.17) is 11.6 Å². The summed E-state index contributed by atoms with van der Waals surface area (Å²) >= 11 is 5.96. The normalized spacial score (nSPS) is 9.77. The summed E-state index contributed by atoms with van der Waals surface area (Å²) in [7, 11) is 0. The lowest BCUT2D eigenvalue weighted by atomic mass is 10.0. The Balaban J connectivity index is 3.26. The molecule has 1 heteroatoms. The maximum absolute atomic E-state index is 5.96. The van der Waals surface area contributed by atoms with Gasteiger partial charge in [0.2, 0.25) is 0 Å². The van der Waals surface area contributed by atoms with E-state index in [1.165, 1.54) is 0 Å². The van der Waals surface area contributed by atoms with Crippen molar-refractivity contribution in [3.63, 3.8) is 0 Å². The molecular formula is C12H13Cl. The topological polar surface area (TPSA) is 0 Å². The van der Waals surface area contributed by atoms with Gasteiger partial charge >= 0.3 is 0 Å². The highest BCUT2D eigenvalue weighted by molar-refractivity contribution is 6.31. The number of hydrogen-bond acceptors (Lipinski definition) is 0. The molecule has 0 aliphatic heterocycles. The molecule has 0 aromatic heterocycles. The van der Waals surface area contributed by atoms with E-state index in [0.717, 1.165) is 27.3 Å². The Morgan fingerprint density at radius 1 is 1.00 bits per heavy atom. The van der Waals surface area contributed by atoms with Crippen molar-refractivity contribution in [3.8, 4) is 0 Å². The Bertz CT molecular complexity index is 329. The quantitative estimate of drug-likeness (QED) is 0.652. The lowest BCUT2D eigenvalue weighted by molar-refractivity contribution is 1.52. The first-order chi connectivity index (χ1) is 6.00. The average molecular weight is 193 g/mol. The van der Waals surface area contributed by atoms with Crippen molar-refractivity contribution < 1.29 is 0 Å². The van der Waals surface area contributed by atoms with Gasteiger partial charge in [0.25, 0.3) is 0 Å². The molecule has 1 aromatic carbocycles. The summed E-state index contributed by atoms with van der Waals surface area (Å²) in [4.78, 5) is 0. The molecule has 0 heterocycles. The fraction of sp³-hybridized carbons (Fsp3) is 0.167. The van der Waals surface area contributed by atoms with Crippen LogP contribution in [0.3, 0.4) is 0 Å². The van der Waals surface area contributed by atoms with Gasteiger partial charge in [0.05, 0.1) is 0 Å². The van der Waals surface area contributed by atoms with E-state index < -0.39 is 0 Å². The van der Waals surface area contributed by atoms with Crippen molar-refractivity contribution in [2.75, 3.05) is 0 Å². The molecule has 0 fully saturated rings. The van der Waals surface area contributed by atoms with Crippen molar-refractivity contribution in [2.24, 2.45) is 0 Å². The van der Waals surface area contributed by atoms with Crippen LogP contribution < -0.4 is 0 Å². The summed E-state index contributed by atoms with van der Waals surface area (Å²) in [6, 6.07) is 5.88. The summed E-state index contributed by atoms with van der Waals surface area (Å²) in [6.45, 7) is 11.7. The molecule has 0 N–H and O–H groups in total. The van der Waals surface area contributed by atoms with Crippen LogP contribution >= 0.6 is 11.6 Å². The van der Waals surface area contributed by atoms with Crippen molar-refractivity contribution in [3.05, 3.63) is 47.5 Å². The molecular weight excluding hydrogens is 180 g/mol. The van der Waals surface area contributed by atoms with Crippen LogP contribution in [0.15, 0.2) is 31.4 Å². The van der Waals surface area contributed by atoms with Crippen LogP contribution in [0.1, 0.15) is 25.0 Å². The highest BCUT2D eigenvalue weighted by atomic mass is 35.5. The van der Waals surface area contributed by atoms with E-state index in [-0.39, 0.29) is 0 Å². The Kier molecular flexibility index (Phi) is 2.94. The number of benzene rings is 1. The molecule has 0 bridgehead atoms. The highest BCUT2D eigenvalue weighted by Gasteiger charge is 2.00. The standard InChI is InChI=1S/C12H13Cl/c1-8(2)10-5-11(9(3)4)7-12(13)6-10/h5-7H,1,3H2,2,4H3. The van der Waals surface area contributed by atoms with Gasteiger partial charge in [0.1, 0.15) is 0 Å². The third kappa shape index (κ3) is 2.46. The van der Waals surface area contributed by atoms with Gasteiger partial charge in [-0.25, -0.2) is 0 Å². The van der Waals surface area contributed by atoms with Crippen molar-refractivity contribution in [1.82, 2.24) is 0 Å². The summed E-state index contributed by atoms with van der Waals surface area (Å²) < 4.78 is 0. The number of rotatable bonds is 2. The third-order valence-corrected chi connectivity index (χ3v) is 2.10. The molecule has 1 aromatic rings. The first-order valence-electron chi connectivity index (χ1n) is 4.13. The maximum atomic E-state index is 5.96. The predicted octanol–water partition coefficient (Wildman–Crippen LogP) is 4.41. The molecule has 0 nitrogen and oxygen atoms in total. The van der Waals surface area contributed by atoms with E-state index in [9.17, 15) is 0 Å². The Morgan fingerprint density at radius 3 is 1.69 bits per heavy atom. The van der Waals surface area contributed by atoms with E-state index in [1.54, 1.807) is 0 Å². The van der Waals surface area contributed by atoms with Crippen LogP contribution in [-0.2, 0) is 0 Å². The molecule has 0 spiro atoms. The summed E-state index contributed by atoms with van der Waals surface area (Å²) in [5.41, 5.74) is 4.19. The van der Waals surface area contributed by atoms with Gasteiger partial charge in [-0.15, -0.1) is 0 Å². The summed E-state index contributed by atoms with van der Waals surface area (Å²) in [5, 5.41) is 0.735. The van der Waals surface area contributed by atoms with Gasteiger partial charge in [-0.05, 0) is 43.2 Å². The minimum absolute atomic E-state index is 0.735. The first kappa shape index (κ1) is 10.1. The second-order valence-electron chi connectivity index (χ2n) is 3.29. The van der Waals surface area contributed by atoms with Crippen LogP contribution in [-0.4, -0.2) is 0 Å². The minimum atomic E-state index is 0.735. The first-order valence-corrected chi connectivity index (χ1v) is 4.51. The fourth-order valence-electron chi connectivity index (χ4n) is 1.08. The molecule has 68 valence electrons. The second-order valence-corrected chi connectivity index (χ2v) is 3.73. The summed E-state index contributed by atoms with van der Waals surface area (Å²) in [6.07, 6.45) is 0. The van der Waals surface area contributed by atoms with Gasteiger partial charge in [-0.1, -0.05) is 35.9 Å². The number of halogens is 1. The van der Waals surface area contributed by atoms with E-state index in [2.05, 4.69) is 19.2 Å². The van der Waals surface area contributed by atoms with Gasteiger partial charge in [-0.2, -0.15) is 0 Å². The molecule has 0 aliphatic carbocycles. The molecule has 0 unspecified atom stereocenters. The van der Waals surface area contributed by atoms with E-state index in [1.807, 2.05) is 26.0 Å². The molecule has 0 saturated heterocycles. The molecule has 0 saturated carbocycles. The van der Waals surface area contributed by atoms with Crippen LogP contribution in [0.2, 0.25) is 5.02 Å². The molecule has 1 rings (SSSR count). The fourth-order valence-corrected chi connectivity index (χ4v) is 1.32. The maximum Gasteiger partial charge on any atom is 0.0418 e. The zero-order valence-electron chi connectivity index (χ0n) is 8.02. The summed E-state index contributed by atoms with van der Waals surface area (Å²) in [5.74, 6) is 0. The monoisotopic (exact) mass is 192 g/mol. The van der Waals surface area contributed by atoms with Gasteiger partial charge < -0.3 is 0 Å². The molecule has 0 aliphatic rings. The third-order valence-electron chi connectivity index (χ3n) is 1.88. The van der Waals surface area contributed by atoms with Crippen LogP contribution in [0, 0.1) is 0 Å². The largest absolute Gasteiger partial charge is 0.0955 e. The van der Waals surface area contributed by atoms with E-state index >= 15 is 0 Å². The van der Waals surface area contributed by atoms with Crippen LogP contribution in [0.4, 0.5) is 0 Å². The van der Waals surface area contributed by atoms with Crippen LogP contribution in [0.5, 0.6) is 0 Å².